The number of carbonyl (C=O) groups is 2. The highest BCUT2D eigenvalue weighted by molar-refractivity contribution is 5.94. The first-order valence-electron chi connectivity index (χ1n) is 7.96. The molecule has 2 heterocycles. The predicted octanol–water partition coefficient (Wildman–Crippen LogP) is 1.21. The summed E-state index contributed by atoms with van der Waals surface area (Å²) in [5.74, 6) is 0.820. The van der Waals surface area contributed by atoms with Gasteiger partial charge in [0.15, 0.2) is 5.82 Å². The van der Waals surface area contributed by atoms with Crippen LogP contribution < -0.4 is 0 Å². The summed E-state index contributed by atoms with van der Waals surface area (Å²) in [7, 11) is 0. The number of amides is 2. The standard InChI is InChI=1S/C17H20N4O3/c1-12-4-3-5-14(10-12)17(23)21-8-6-20(7-9-21)16(22)11-15-18-13(2)24-19-15/h3-5,10H,6-9,11H2,1-2H3. The van der Waals surface area contributed by atoms with Gasteiger partial charge in [-0.3, -0.25) is 9.59 Å². The second-order valence-electron chi connectivity index (χ2n) is 5.95. The van der Waals surface area contributed by atoms with Crippen LogP contribution in [0.1, 0.15) is 27.6 Å². The largest absolute Gasteiger partial charge is 0.340 e. The Morgan fingerprint density at radius 2 is 1.83 bits per heavy atom. The lowest BCUT2D eigenvalue weighted by Gasteiger charge is -2.34. The Labute approximate surface area is 140 Å². The summed E-state index contributed by atoms with van der Waals surface area (Å²) in [5, 5.41) is 3.74. The fourth-order valence-electron chi connectivity index (χ4n) is 2.78. The summed E-state index contributed by atoms with van der Waals surface area (Å²) in [6, 6.07) is 7.56. The molecule has 0 N–H and O–H groups in total. The Bertz CT molecular complexity index is 748. The summed E-state index contributed by atoms with van der Waals surface area (Å²) >= 11 is 0. The van der Waals surface area contributed by atoms with Gasteiger partial charge in [0.05, 0.1) is 6.42 Å². The van der Waals surface area contributed by atoms with Crippen LogP contribution in [0.5, 0.6) is 0 Å². The molecule has 0 bridgehead atoms. The molecular formula is C17H20N4O3. The number of carbonyl (C=O) groups excluding carboxylic acids is 2. The van der Waals surface area contributed by atoms with Crippen LogP contribution in [-0.2, 0) is 11.2 Å². The maximum Gasteiger partial charge on any atom is 0.253 e. The third kappa shape index (κ3) is 3.61. The summed E-state index contributed by atoms with van der Waals surface area (Å²) in [4.78, 5) is 32.4. The van der Waals surface area contributed by atoms with Crippen molar-refractivity contribution < 1.29 is 14.1 Å². The van der Waals surface area contributed by atoms with E-state index in [1.54, 1.807) is 16.7 Å². The molecule has 1 fully saturated rings. The quantitative estimate of drug-likeness (QED) is 0.846. The van der Waals surface area contributed by atoms with Gasteiger partial charge in [-0.25, -0.2) is 0 Å². The highest BCUT2D eigenvalue weighted by Crippen LogP contribution is 2.11. The molecule has 7 heteroatoms. The molecule has 1 aromatic carbocycles. The minimum Gasteiger partial charge on any atom is -0.340 e. The first kappa shape index (κ1) is 16.2. The fraction of sp³-hybridized carbons (Fsp3) is 0.412. The van der Waals surface area contributed by atoms with Crippen molar-refractivity contribution in [2.24, 2.45) is 0 Å². The van der Waals surface area contributed by atoms with Gasteiger partial charge in [-0.2, -0.15) is 4.98 Å². The molecule has 0 radical (unpaired) electrons. The van der Waals surface area contributed by atoms with Gasteiger partial charge in [0.1, 0.15) is 0 Å². The zero-order valence-electron chi connectivity index (χ0n) is 13.9. The average molecular weight is 328 g/mol. The summed E-state index contributed by atoms with van der Waals surface area (Å²) < 4.78 is 4.88. The molecule has 7 nitrogen and oxygen atoms in total. The molecule has 2 amide bonds. The maximum absolute atomic E-state index is 12.5. The van der Waals surface area contributed by atoms with Crippen LogP contribution in [-0.4, -0.2) is 57.9 Å². The maximum atomic E-state index is 12.5. The number of hydrogen-bond donors (Lipinski definition) is 0. The second-order valence-corrected chi connectivity index (χ2v) is 5.95. The van der Waals surface area contributed by atoms with E-state index in [-0.39, 0.29) is 18.2 Å². The first-order valence-corrected chi connectivity index (χ1v) is 7.96. The van der Waals surface area contributed by atoms with Gasteiger partial charge in [0.2, 0.25) is 11.8 Å². The summed E-state index contributed by atoms with van der Waals surface area (Å²) in [6.45, 7) is 5.76. The van der Waals surface area contributed by atoms with Crippen LogP contribution in [0.4, 0.5) is 0 Å². The molecule has 126 valence electrons. The lowest BCUT2D eigenvalue weighted by molar-refractivity contribution is -0.132. The molecule has 0 spiro atoms. The average Bonchev–Trinajstić information content (AvgIpc) is 2.99. The molecule has 0 aliphatic carbocycles. The smallest absolute Gasteiger partial charge is 0.253 e. The van der Waals surface area contributed by atoms with Crippen LogP contribution in [0.15, 0.2) is 28.8 Å². The number of piperazine rings is 1. The fourth-order valence-corrected chi connectivity index (χ4v) is 2.78. The van der Waals surface area contributed by atoms with Crippen LogP contribution in [0.3, 0.4) is 0 Å². The van der Waals surface area contributed by atoms with Gasteiger partial charge in [-0.1, -0.05) is 22.9 Å². The van der Waals surface area contributed by atoms with Crippen LogP contribution in [0, 0.1) is 13.8 Å². The van der Waals surface area contributed by atoms with E-state index < -0.39 is 0 Å². The van der Waals surface area contributed by atoms with Crippen LogP contribution in [0.2, 0.25) is 0 Å². The first-order chi connectivity index (χ1) is 11.5. The Hall–Kier alpha value is -2.70. The molecule has 0 atom stereocenters. The van der Waals surface area contributed by atoms with Crippen molar-refractivity contribution in [3.05, 3.63) is 47.1 Å². The van der Waals surface area contributed by atoms with Crippen molar-refractivity contribution in [2.75, 3.05) is 26.2 Å². The molecule has 1 aliphatic rings. The summed E-state index contributed by atoms with van der Waals surface area (Å²) in [5.41, 5.74) is 1.75. The lowest BCUT2D eigenvalue weighted by Crippen LogP contribution is -2.51. The topological polar surface area (TPSA) is 79.5 Å². The predicted molar refractivity (Wildman–Crippen MR) is 86.4 cm³/mol. The molecule has 0 unspecified atom stereocenters. The SMILES string of the molecule is Cc1cccc(C(=O)N2CCN(C(=O)Cc3noc(C)n3)CC2)c1. The normalized spacial score (nSPS) is 14.8. The van der Waals surface area contributed by atoms with E-state index in [4.69, 9.17) is 4.52 Å². The van der Waals surface area contributed by atoms with Crippen LogP contribution in [0.25, 0.3) is 0 Å². The van der Waals surface area contributed by atoms with Gasteiger partial charge in [0.25, 0.3) is 5.91 Å². The number of aromatic nitrogens is 2. The number of benzene rings is 1. The monoisotopic (exact) mass is 328 g/mol. The van der Waals surface area contributed by atoms with Crippen LogP contribution >= 0.6 is 0 Å². The molecule has 1 saturated heterocycles. The molecule has 2 aromatic rings. The number of hydrogen-bond acceptors (Lipinski definition) is 5. The van der Waals surface area contributed by atoms with E-state index in [9.17, 15) is 9.59 Å². The van der Waals surface area contributed by atoms with Gasteiger partial charge in [-0.15, -0.1) is 0 Å². The lowest BCUT2D eigenvalue weighted by atomic mass is 10.1. The Morgan fingerprint density at radius 1 is 1.12 bits per heavy atom. The van der Waals surface area contributed by atoms with Crippen molar-refractivity contribution >= 4 is 11.8 Å². The van der Waals surface area contributed by atoms with Crippen molar-refractivity contribution in [1.82, 2.24) is 19.9 Å². The van der Waals surface area contributed by atoms with E-state index >= 15 is 0 Å². The molecule has 1 aromatic heterocycles. The summed E-state index contributed by atoms with van der Waals surface area (Å²) in [6.07, 6.45) is 0.128. The Morgan fingerprint density at radius 3 is 2.46 bits per heavy atom. The van der Waals surface area contributed by atoms with E-state index in [0.29, 0.717) is 43.5 Å². The molecule has 0 saturated carbocycles. The van der Waals surface area contributed by atoms with Gasteiger partial charge in [-0.05, 0) is 19.1 Å². The van der Waals surface area contributed by atoms with E-state index in [2.05, 4.69) is 10.1 Å². The minimum absolute atomic E-state index is 0.0135. The number of rotatable bonds is 3. The van der Waals surface area contributed by atoms with E-state index in [1.165, 1.54) is 0 Å². The second kappa shape index (κ2) is 6.82. The van der Waals surface area contributed by atoms with Crippen molar-refractivity contribution in [2.45, 2.75) is 20.3 Å². The minimum atomic E-state index is -0.0431. The van der Waals surface area contributed by atoms with E-state index in [0.717, 1.165) is 5.56 Å². The Kier molecular flexibility index (Phi) is 4.59. The zero-order chi connectivity index (χ0) is 17.1. The highest BCUT2D eigenvalue weighted by Gasteiger charge is 2.25. The molecule has 24 heavy (non-hydrogen) atoms. The van der Waals surface area contributed by atoms with Gasteiger partial charge in [0, 0.05) is 38.7 Å². The van der Waals surface area contributed by atoms with Gasteiger partial charge < -0.3 is 14.3 Å². The van der Waals surface area contributed by atoms with Crippen molar-refractivity contribution in [3.63, 3.8) is 0 Å². The third-order valence-electron chi connectivity index (χ3n) is 4.06. The Balaban J connectivity index is 1.55. The van der Waals surface area contributed by atoms with Crippen molar-refractivity contribution in [3.8, 4) is 0 Å². The number of aryl methyl sites for hydroxylation is 2. The molecular weight excluding hydrogens is 308 g/mol. The third-order valence-corrected chi connectivity index (χ3v) is 4.06. The highest BCUT2D eigenvalue weighted by atomic mass is 16.5. The number of nitrogens with zero attached hydrogens (tertiary/aromatic N) is 4. The zero-order valence-corrected chi connectivity index (χ0v) is 13.9. The van der Waals surface area contributed by atoms with E-state index in [1.807, 2.05) is 31.2 Å². The molecule has 1 aliphatic heterocycles. The van der Waals surface area contributed by atoms with Gasteiger partial charge >= 0.3 is 0 Å². The molecule has 3 rings (SSSR count). The van der Waals surface area contributed by atoms with Crippen molar-refractivity contribution in [1.29, 1.82) is 0 Å².